The minimum atomic E-state index is -0.252. The first-order valence-corrected chi connectivity index (χ1v) is 6.66. The Hall–Kier alpha value is -3.21. The Morgan fingerprint density at radius 1 is 1.23 bits per heavy atom. The molecule has 0 aliphatic carbocycles. The zero-order valence-electron chi connectivity index (χ0n) is 11.9. The number of nitrogens with two attached hydrogens (primary N) is 2. The second kappa shape index (κ2) is 7.54. The van der Waals surface area contributed by atoms with Crippen LogP contribution in [0.5, 0.6) is 0 Å². The minimum absolute atomic E-state index is 0.252. The number of nitrogens with one attached hydrogen (secondary N) is 1. The molecule has 0 fully saturated rings. The van der Waals surface area contributed by atoms with Crippen molar-refractivity contribution in [1.82, 2.24) is 0 Å². The molecular formula is C17H17N3O2. The van der Waals surface area contributed by atoms with Crippen molar-refractivity contribution in [2.75, 3.05) is 5.32 Å². The van der Waals surface area contributed by atoms with Crippen LogP contribution in [0.3, 0.4) is 0 Å². The van der Waals surface area contributed by atoms with E-state index in [1.807, 2.05) is 12.1 Å². The molecule has 0 atom stereocenters. The van der Waals surface area contributed by atoms with Crippen molar-refractivity contribution in [3.8, 4) is 0 Å². The highest BCUT2D eigenvalue weighted by Crippen LogP contribution is 2.15. The summed E-state index contributed by atoms with van der Waals surface area (Å²) in [6.07, 6.45) is 9.29. The Morgan fingerprint density at radius 2 is 2.09 bits per heavy atom. The fourth-order valence-electron chi connectivity index (χ4n) is 1.76. The lowest BCUT2D eigenvalue weighted by Gasteiger charge is -2.06. The van der Waals surface area contributed by atoms with E-state index in [0.29, 0.717) is 17.1 Å². The molecule has 0 saturated carbocycles. The van der Waals surface area contributed by atoms with Crippen LogP contribution < -0.4 is 16.8 Å². The summed E-state index contributed by atoms with van der Waals surface area (Å²) in [4.78, 5) is 11.8. The molecule has 0 radical (unpaired) electrons. The largest absolute Gasteiger partial charge is 0.465 e. The van der Waals surface area contributed by atoms with Crippen LogP contribution in [0.4, 0.5) is 5.69 Å². The number of hydrogen-bond acceptors (Lipinski definition) is 4. The minimum Gasteiger partial charge on any atom is -0.465 e. The van der Waals surface area contributed by atoms with Gasteiger partial charge in [0.05, 0.1) is 6.26 Å². The lowest BCUT2D eigenvalue weighted by Crippen LogP contribution is -2.08. The highest BCUT2D eigenvalue weighted by Gasteiger charge is 2.01. The van der Waals surface area contributed by atoms with Crippen LogP contribution in [0, 0.1) is 0 Å². The predicted octanol–water partition coefficient (Wildman–Crippen LogP) is 2.70. The monoisotopic (exact) mass is 295 g/mol. The van der Waals surface area contributed by atoms with Gasteiger partial charge in [-0.15, -0.1) is 0 Å². The first kappa shape index (κ1) is 15.2. The summed E-state index contributed by atoms with van der Waals surface area (Å²) in [7, 11) is 0. The van der Waals surface area contributed by atoms with Gasteiger partial charge in [-0.2, -0.15) is 0 Å². The van der Waals surface area contributed by atoms with Gasteiger partial charge in [-0.1, -0.05) is 12.1 Å². The van der Waals surface area contributed by atoms with E-state index in [0.717, 1.165) is 5.56 Å². The third-order valence-corrected chi connectivity index (χ3v) is 2.79. The molecule has 22 heavy (non-hydrogen) atoms. The summed E-state index contributed by atoms with van der Waals surface area (Å²) < 4.78 is 5.11. The number of amides is 1. The van der Waals surface area contributed by atoms with Gasteiger partial charge in [0.25, 0.3) is 0 Å². The lowest BCUT2D eigenvalue weighted by atomic mass is 10.1. The van der Waals surface area contributed by atoms with Crippen LogP contribution >= 0.6 is 0 Å². The Morgan fingerprint density at radius 3 is 2.82 bits per heavy atom. The average molecular weight is 295 g/mol. The number of furan rings is 1. The molecule has 5 heteroatoms. The van der Waals surface area contributed by atoms with E-state index >= 15 is 0 Å². The lowest BCUT2D eigenvalue weighted by molar-refractivity contribution is -0.111. The molecule has 0 unspecified atom stereocenters. The van der Waals surface area contributed by atoms with Gasteiger partial charge in [-0.05, 0) is 54.3 Å². The molecule has 2 rings (SSSR count). The molecule has 1 aromatic carbocycles. The van der Waals surface area contributed by atoms with Crippen LogP contribution in [-0.4, -0.2) is 5.91 Å². The van der Waals surface area contributed by atoms with E-state index in [1.54, 1.807) is 48.8 Å². The van der Waals surface area contributed by atoms with Crippen molar-refractivity contribution in [3.63, 3.8) is 0 Å². The van der Waals surface area contributed by atoms with Crippen molar-refractivity contribution in [2.24, 2.45) is 11.5 Å². The SMILES string of the molecule is N/C=C\C=C(/N)c1cccc(NC(=O)/C=C/c2ccco2)c1. The fraction of sp³-hybridized carbons (Fsp3) is 0. The zero-order valence-corrected chi connectivity index (χ0v) is 11.9. The van der Waals surface area contributed by atoms with Gasteiger partial charge in [-0.25, -0.2) is 0 Å². The molecular weight excluding hydrogens is 278 g/mol. The summed E-state index contributed by atoms with van der Waals surface area (Å²) in [5.74, 6) is 0.364. The fourth-order valence-corrected chi connectivity index (χ4v) is 1.76. The highest BCUT2D eigenvalue weighted by atomic mass is 16.3. The van der Waals surface area contributed by atoms with Gasteiger partial charge in [0.1, 0.15) is 5.76 Å². The zero-order chi connectivity index (χ0) is 15.8. The normalized spacial score (nSPS) is 12.1. The Labute approximate surface area is 128 Å². The third-order valence-electron chi connectivity index (χ3n) is 2.79. The van der Waals surface area contributed by atoms with Crippen LogP contribution in [0.2, 0.25) is 0 Å². The molecule has 2 aromatic rings. The second-order valence-electron chi connectivity index (χ2n) is 4.43. The van der Waals surface area contributed by atoms with Crippen molar-refractivity contribution in [2.45, 2.75) is 0 Å². The molecule has 112 valence electrons. The molecule has 0 saturated heterocycles. The summed E-state index contributed by atoms with van der Waals surface area (Å²) in [6.45, 7) is 0. The van der Waals surface area contributed by atoms with Crippen molar-refractivity contribution < 1.29 is 9.21 Å². The standard InChI is InChI=1S/C17H17N3O2/c18-10-2-7-16(19)13-4-1-5-14(12-13)20-17(21)9-8-15-6-3-11-22-15/h1-12H,18-19H2,(H,20,21)/b9-8+,10-2-,16-7-. The first-order valence-electron chi connectivity index (χ1n) is 6.66. The topological polar surface area (TPSA) is 94.3 Å². The van der Waals surface area contributed by atoms with E-state index < -0.39 is 0 Å². The van der Waals surface area contributed by atoms with Crippen LogP contribution in [-0.2, 0) is 4.79 Å². The van der Waals surface area contributed by atoms with Crippen molar-refractivity contribution in [3.05, 3.63) is 78.4 Å². The molecule has 0 aliphatic heterocycles. The number of anilines is 1. The van der Waals surface area contributed by atoms with Gasteiger partial charge < -0.3 is 21.2 Å². The van der Waals surface area contributed by atoms with Gasteiger partial charge in [0.2, 0.25) is 5.91 Å². The predicted molar refractivity (Wildman–Crippen MR) is 88.3 cm³/mol. The first-order chi connectivity index (χ1) is 10.7. The molecule has 1 heterocycles. The summed E-state index contributed by atoms with van der Waals surface area (Å²) >= 11 is 0. The molecule has 0 spiro atoms. The molecule has 0 aliphatic rings. The number of carbonyl (C=O) groups excluding carboxylic acids is 1. The third kappa shape index (κ3) is 4.42. The van der Waals surface area contributed by atoms with Crippen molar-refractivity contribution in [1.29, 1.82) is 0 Å². The van der Waals surface area contributed by atoms with Gasteiger partial charge in [-0.3, -0.25) is 4.79 Å². The van der Waals surface area contributed by atoms with E-state index in [1.165, 1.54) is 12.3 Å². The number of carbonyl (C=O) groups is 1. The maximum absolute atomic E-state index is 11.8. The van der Waals surface area contributed by atoms with Crippen LogP contribution in [0.25, 0.3) is 11.8 Å². The summed E-state index contributed by atoms with van der Waals surface area (Å²) in [5.41, 5.74) is 13.2. The van der Waals surface area contributed by atoms with E-state index in [2.05, 4.69) is 5.32 Å². The highest BCUT2D eigenvalue weighted by molar-refractivity contribution is 6.01. The van der Waals surface area contributed by atoms with Gasteiger partial charge >= 0.3 is 0 Å². The summed E-state index contributed by atoms with van der Waals surface area (Å²) in [6, 6.07) is 10.8. The van der Waals surface area contributed by atoms with E-state index in [9.17, 15) is 4.79 Å². The summed E-state index contributed by atoms with van der Waals surface area (Å²) in [5, 5.41) is 2.76. The Kier molecular flexibility index (Phi) is 5.20. The smallest absolute Gasteiger partial charge is 0.248 e. The maximum Gasteiger partial charge on any atom is 0.248 e. The number of rotatable bonds is 5. The van der Waals surface area contributed by atoms with E-state index in [4.69, 9.17) is 15.9 Å². The van der Waals surface area contributed by atoms with Crippen LogP contribution in [0.15, 0.2) is 71.5 Å². The van der Waals surface area contributed by atoms with Gasteiger partial charge in [0, 0.05) is 17.5 Å². The quantitative estimate of drug-likeness (QED) is 0.584. The number of hydrogen-bond donors (Lipinski definition) is 3. The van der Waals surface area contributed by atoms with E-state index in [-0.39, 0.29) is 5.91 Å². The number of allylic oxidation sites excluding steroid dienone is 2. The molecule has 5 nitrogen and oxygen atoms in total. The van der Waals surface area contributed by atoms with Gasteiger partial charge in [0.15, 0.2) is 0 Å². The average Bonchev–Trinajstić information content (AvgIpc) is 3.04. The molecule has 0 bridgehead atoms. The second-order valence-corrected chi connectivity index (χ2v) is 4.43. The molecule has 1 amide bonds. The number of benzene rings is 1. The van der Waals surface area contributed by atoms with Crippen LogP contribution in [0.1, 0.15) is 11.3 Å². The maximum atomic E-state index is 11.8. The molecule has 1 aromatic heterocycles. The Bertz CT molecular complexity index is 713. The Balaban J connectivity index is 2.05. The molecule has 5 N–H and O–H groups in total. The van der Waals surface area contributed by atoms with Crippen molar-refractivity contribution >= 4 is 23.4 Å².